The largest absolute Gasteiger partial charge is 0.385 e. The first-order valence-electron chi connectivity index (χ1n) is 4.83. The maximum absolute atomic E-state index is 5.79. The predicted molar refractivity (Wildman–Crippen MR) is 55.6 cm³/mol. The van der Waals surface area contributed by atoms with E-state index in [2.05, 4.69) is 16.9 Å². The van der Waals surface area contributed by atoms with Gasteiger partial charge in [-0.25, -0.2) is 0 Å². The Labute approximate surface area is 84.9 Å². The Bertz CT molecular complexity index is 196. The van der Waals surface area contributed by atoms with Crippen LogP contribution in [0.2, 0.25) is 0 Å². The number of amidine groups is 1. The van der Waals surface area contributed by atoms with Gasteiger partial charge in [-0.2, -0.15) is 0 Å². The van der Waals surface area contributed by atoms with E-state index < -0.39 is 0 Å². The van der Waals surface area contributed by atoms with Crippen LogP contribution in [-0.2, 0) is 9.47 Å². The molecular formula is C9H19N3O2. The number of methoxy groups -OCH3 is 1. The number of morpholine rings is 1. The third-order valence-electron chi connectivity index (χ3n) is 2.19. The summed E-state index contributed by atoms with van der Waals surface area (Å²) >= 11 is 0. The molecule has 0 aromatic heterocycles. The van der Waals surface area contributed by atoms with Gasteiger partial charge in [-0.1, -0.05) is 0 Å². The zero-order valence-corrected chi connectivity index (χ0v) is 8.90. The summed E-state index contributed by atoms with van der Waals surface area (Å²) < 4.78 is 10.4. The Morgan fingerprint density at radius 1 is 1.71 bits per heavy atom. The van der Waals surface area contributed by atoms with Crippen molar-refractivity contribution in [3.8, 4) is 0 Å². The summed E-state index contributed by atoms with van der Waals surface area (Å²) in [6, 6.07) is 0. The highest BCUT2D eigenvalue weighted by atomic mass is 16.5. The SMILES string of the molecule is COCCN=C(N)C1CN(C)CCO1. The molecule has 1 unspecified atom stereocenters. The molecule has 82 valence electrons. The lowest BCUT2D eigenvalue weighted by Gasteiger charge is -2.29. The van der Waals surface area contributed by atoms with Gasteiger partial charge in [-0.15, -0.1) is 0 Å². The summed E-state index contributed by atoms with van der Waals surface area (Å²) in [5.74, 6) is 0.577. The second-order valence-corrected chi connectivity index (χ2v) is 3.42. The van der Waals surface area contributed by atoms with Crippen molar-refractivity contribution in [1.29, 1.82) is 0 Å². The molecule has 0 aromatic carbocycles. The number of nitrogens with two attached hydrogens (primary N) is 1. The summed E-state index contributed by atoms with van der Waals surface area (Å²) in [4.78, 5) is 6.38. The normalized spacial score (nSPS) is 25.3. The molecule has 5 nitrogen and oxygen atoms in total. The number of likely N-dealkylation sites (N-methyl/N-ethyl adjacent to an activating group) is 1. The van der Waals surface area contributed by atoms with E-state index in [1.807, 2.05) is 0 Å². The number of hydrogen-bond donors (Lipinski definition) is 1. The van der Waals surface area contributed by atoms with Crippen LogP contribution in [0.15, 0.2) is 4.99 Å². The van der Waals surface area contributed by atoms with Gasteiger partial charge in [0.2, 0.25) is 0 Å². The van der Waals surface area contributed by atoms with Gasteiger partial charge >= 0.3 is 0 Å². The van der Waals surface area contributed by atoms with Crippen LogP contribution in [0.4, 0.5) is 0 Å². The first kappa shape index (κ1) is 11.4. The van der Waals surface area contributed by atoms with E-state index in [-0.39, 0.29) is 6.10 Å². The van der Waals surface area contributed by atoms with E-state index >= 15 is 0 Å². The minimum absolute atomic E-state index is 0.0504. The molecule has 1 saturated heterocycles. The molecule has 1 aliphatic rings. The van der Waals surface area contributed by atoms with Crippen molar-refractivity contribution >= 4 is 5.84 Å². The molecule has 5 heteroatoms. The monoisotopic (exact) mass is 201 g/mol. The van der Waals surface area contributed by atoms with E-state index in [0.29, 0.717) is 19.0 Å². The molecule has 0 aromatic rings. The maximum Gasteiger partial charge on any atom is 0.127 e. The Morgan fingerprint density at radius 2 is 2.50 bits per heavy atom. The van der Waals surface area contributed by atoms with E-state index in [1.165, 1.54) is 0 Å². The molecule has 0 aliphatic carbocycles. The predicted octanol–water partition coefficient (Wildman–Crippen LogP) is -0.679. The number of aliphatic imine (C=N–C) groups is 1. The number of hydrogen-bond acceptors (Lipinski definition) is 4. The number of nitrogens with zero attached hydrogens (tertiary/aromatic N) is 2. The van der Waals surface area contributed by atoms with Gasteiger partial charge in [0, 0.05) is 20.2 Å². The van der Waals surface area contributed by atoms with Crippen LogP contribution in [0.1, 0.15) is 0 Å². The van der Waals surface area contributed by atoms with E-state index in [4.69, 9.17) is 15.2 Å². The minimum Gasteiger partial charge on any atom is -0.385 e. The molecule has 1 fully saturated rings. The van der Waals surface area contributed by atoms with Gasteiger partial charge in [0.1, 0.15) is 11.9 Å². The smallest absolute Gasteiger partial charge is 0.127 e. The van der Waals surface area contributed by atoms with Crippen molar-refractivity contribution in [3.63, 3.8) is 0 Å². The molecule has 1 aliphatic heterocycles. The van der Waals surface area contributed by atoms with Crippen LogP contribution < -0.4 is 5.73 Å². The van der Waals surface area contributed by atoms with Crippen molar-refractivity contribution in [2.75, 3.05) is 47.0 Å². The maximum atomic E-state index is 5.79. The van der Waals surface area contributed by atoms with Crippen molar-refractivity contribution in [2.24, 2.45) is 10.7 Å². The van der Waals surface area contributed by atoms with Crippen molar-refractivity contribution < 1.29 is 9.47 Å². The van der Waals surface area contributed by atoms with Crippen molar-refractivity contribution in [1.82, 2.24) is 4.90 Å². The molecule has 0 amide bonds. The summed E-state index contributed by atoms with van der Waals surface area (Å²) in [6.07, 6.45) is -0.0504. The van der Waals surface area contributed by atoms with Gasteiger partial charge < -0.3 is 20.1 Å². The van der Waals surface area contributed by atoms with Crippen LogP contribution in [0.3, 0.4) is 0 Å². The topological polar surface area (TPSA) is 60.1 Å². The molecule has 1 heterocycles. The minimum atomic E-state index is -0.0504. The van der Waals surface area contributed by atoms with Crippen LogP contribution in [0, 0.1) is 0 Å². The Kier molecular flexibility index (Phi) is 4.86. The van der Waals surface area contributed by atoms with Gasteiger partial charge in [0.15, 0.2) is 0 Å². The highest BCUT2D eigenvalue weighted by molar-refractivity contribution is 5.85. The Hall–Kier alpha value is -0.650. The summed E-state index contributed by atoms with van der Waals surface area (Å²) in [5.41, 5.74) is 5.79. The third kappa shape index (κ3) is 3.61. The van der Waals surface area contributed by atoms with E-state index in [9.17, 15) is 0 Å². The first-order valence-corrected chi connectivity index (χ1v) is 4.83. The highest BCUT2D eigenvalue weighted by Crippen LogP contribution is 2.02. The highest BCUT2D eigenvalue weighted by Gasteiger charge is 2.20. The Morgan fingerprint density at radius 3 is 3.14 bits per heavy atom. The number of rotatable bonds is 4. The molecule has 2 N–H and O–H groups in total. The van der Waals surface area contributed by atoms with Gasteiger partial charge in [0.25, 0.3) is 0 Å². The number of ether oxygens (including phenoxy) is 2. The second kappa shape index (κ2) is 5.95. The van der Waals surface area contributed by atoms with Gasteiger partial charge in [0.05, 0.1) is 19.8 Å². The van der Waals surface area contributed by atoms with Gasteiger partial charge in [-0.05, 0) is 7.05 Å². The Balaban J connectivity index is 2.34. The molecule has 1 rings (SSSR count). The molecule has 0 spiro atoms. The zero-order chi connectivity index (χ0) is 10.4. The third-order valence-corrected chi connectivity index (χ3v) is 2.19. The first-order chi connectivity index (χ1) is 6.74. The fourth-order valence-corrected chi connectivity index (χ4v) is 1.32. The fraction of sp³-hybridized carbons (Fsp3) is 0.889. The molecule has 0 radical (unpaired) electrons. The van der Waals surface area contributed by atoms with Crippen LogP contribution >= 0.6 is 0 Å². The lowest BCUT2D eigenvalue weighted by molar-refractivity contribution is 0.0166. The molecule has 0 bridgehead atoms. The molecule has 1 atom stereocenters. The quantitative estimate of drug-likeness (QED) is 0.372. The molecular weight excluding hydrogens is 182 g/mol. The lowest BCUT2D eigenvalue weighted by Crippen LogP contribution is -2.47. The van der Waals surface area contributed by atoms with E-state index in [1.54, 1.807) is 7.11 Å². The average molecular weight is 201 g/mol. The molecule has 0 saturated carbocycles. The molecule has 14 heavy (non-hydrogen) atoms. The standard InChI is InChI=1S/C9H19N3O2/c1-12-4-6-14-8(7-12)9(10)11-3-5-13-2/h8H,3-7H2,1-2H3,(H2,10,11). The van der Waals surface area contributed by atoms with E-state index in [0.717, 1.165) is 19.7 Å². The average Bonchev–Trinajstić information content (AvgIpc) is 2.18. The van der Waals surface area contributed by atoms with Crippen molar-refractivity contribution in [3.05, 3.63) is 0 Å². The summed E-state index contributed by atoms with van der Waals surface area (Å²) in [7, 11) is 3.70. The van der Waals surface area contributed by atoms with Crippen molar-refractivity contribution in [2.45, 2.75) is 6.10 Å². The van der Waals surface area contributed by atoms with Crippen LogP contribution in [0.5, 0.6) is 0 Å². The van der Waals surface area contributed by atoms with Crippen LogP contribution in [-0.4, -0.2) is 63.8 Å². The van der Waals surface area contributed by atoms with Gasteiger partial charge in [-0.3, -0.25) is 4.99 Å². The zero-order valence-electron chi connectivity index (χ0n) is 8.90. The summed E-state index contributed by atoms with van der Waals surface area (Å²) in [5, 5.41) is 0. The fourth-order valence-electron chi connectivity index (χ4n) is 1.32. The summed E-state index contributed by atoms with van der Waals surface area (Å²) in [6.45, 7) is 3.71. The second-order valence-electron chi connectivity index (χ2n) is 3.42. The van der Waals surface area contributed by atoms with Crippen LogP contribution in [0.25, 0.3) is 0 Å². The lowest BCUT2D eigenvalue weighted by atomic mass is 10.2.